The van der Waals surface area contributed by atoms with Crippen molar-refractivity contribution in [1.82, 2.24) is 9.55 Å². The third kappa shape index (κ3) is 3.14. The van der Waals surface area contributed by atoms with Crippen LogP contribution in [0, 0.1) is 5.82 Å². The highest BCUT2D eigenvalue weighted by Crippen LogP contribution is 2.26. The third-order valence-corrected chi connectivity index (χ3v) is 5.61. The maximum Gasteiger partial charge on any atom is 0.272 e. The van der Waals surface area contributed by atoms with Gasteiger partial charge in [0.15, 0.2) is 10.9 Å². The minimum Gasteiger partial charge on any atom is -0.293 e. The second-order valence-corrected chi connectivity index (χ2v) is 7.43. The molecule has 2 aromatic heterocycles. The Hall–Kier alpha value is -1.99. The molecule has 0 amide bonds. The van der Waals surface area contributed by atoms with Crippen LogP contribution >= 0.6 is 23.1 Å². The molecule has 4 nitrogen and oxygen atoms in total. The maximum absolute atomic E-state index is 13.0. The van der Waals surface area contributed by atoms with Gasteiger partial charge >= 0.3 is 0 Å². The Morgan fingerprint density at radius 3 is 2.71 bits per heavy atom. The SMILES string of the molecule is CCn1c(SC(C)C(=O)c2ccc(F)cc2)nc2ccsc2c1=O. The number of thioether (sulfide) groups is 1. The van der Waals surface area contributed by atoms with Crippen molar-refractivity contribution in [2.45, 2.75) is 30.8 Å². The van der Waals surface area contributed by atoms with Crippen LogP contribution in [0.25, 0.3) is 10.2 Å². The van der Waals surface area contributed by atoms with Crippen LogP contribution in [0.4, 0.5) is 4.39 Å². The zero-order valence-electron chi connectivity index (χ0n) is 13.2. The van der Waals surface area contributed by atoms with Crippen molar-refractivity contribution < 1.29 is 9.18 Å². The fraction of sp³-hybridized carbons (Fsp3) is 0.235. The molecule has 1 unspecified atom stereocenters. The van der Waals surface area contributed by atoms with E-state index in [2.05, 4.69) is 4.98 Å². The molecular formula is C17H15FN2O2S2. The van der Waals surface area contributed by atoms with E-state index in [0.29, 0.717) is 27.5 Å². The summed E-state index contributed by atoms with van der Waals surface area (Å²) in [5.74, 6) is -0.501. The van der Waals surface area contributed by atoms with E-state index in [4.69, 9.17) is 0 Å². The molecule has 0 saturated carbocycles. The van der Waals surface area contributed by atoms with Crippen LogP contribution in [0.5, 0.6) is 0 Å². The number of benzene rings is 1. The topological polar surface area (TPSA) is 52.0 Å². The Balaban J connectivity index is 1.92. The lowest BCUT2D eigenvalue weighted by molar-refractivity contribution is 0.0994. The Labute approximate surface area is 146 Å². The number of carbonyl (C=O) groups is 1. The van der Waals surface area contributed by atoms with Gasteiger partial charge in [-0.1, -0.05) is 11.8 Å². The molecule has 0 aliphatic carbocycles. The first-order valence-electron chi connectivity index (χ1n) is 7.45. The molecule has 1 atom stereocenters. The summed E-state index contributed by atoms with van der Waals surface area (Å²) in [6.45, 7) is 4.12. The normalized spacial score (nSPS) is 12.5. The second-order valence-electron chi connectivity index (χ2n) is 5.21. The third-order valence-electron chi connectivity index (χ3n) is 3.63. The molecule has 0 fully saturated rings. The van der Waals surface area contributed by atoms with Crippen molar-refractivity contribution in [2.24, 2.45) is 0 Å². The molecule has 0 N–H and O–H groups in total. The number of fused-ring (bicyclic) bond motifs is 1. The Morgan fingerprint density at radius 2 is 2.04 bits per heavy atom. The van der Waals surface area contributed by atoms with Gasteiger partial charge in [-0.2, -0.15) is 0 Å². The van der Waals surface area contributed by atoms with Crippen LogP contribution in [0.15, 0.2) is 45.7 Å². The summed E-state index contributed by atoms with van der Waals surface area (Å²) in [5, 5.41) is 1.92. The molecule has 124 valence electrons. The van der Waals surface area contributed by atoms with Gasteiger partial charge in [0.25, 0.3) is 5.56 Å². The van der Waals surface area contributed by atoms with Gasteiger partial charge in [-0.05, 0) is 49.6 Å². The highest BCUT2D eigenvalue weighted by molar-refractivity contribution is 8.00. The smallest absolute Gasteiger partial charge is 0.272 e. The molecule has 24 heavy (non-hydrogen) atoms. The van der Waals surface area contributed by atoms with Gasteiger partial charge in [-0.25, -0.2) is 9.37 Å². The molecule has 3 rings (SSSR count). The average molecular weight is 362 g/mol. The standard InChI is InChI=1S/C17H15FN2O2S2/c1-3-20-16(22)15-13(8-9-23-15)19-17(20)24-10(2)14(21)11-4-6-12(18)7-5-11/h4-10H,3H2,1-2H3. The van der Waals surface area contributed by atoms with Gasteiger partial charge in [0, 0.05) is 12.1 Å². The molecule has 0 aliphatic heterocycles. The van der Waals surface area contributed by atoms with E-state index in [9.17, 15) is 14.0 Å². The minimum absolute atomic E-state index is 0.0820. The first-order valence-corrected chi connectivity index (χ1v) is 9.21. The average Bonchev–Trinajstić information content (AvgIpc) is 3.04. The summed E-state index contributed by atoms with van der Waals surface area (Å²) in [6.07, 6.45) is 0. The van der Waals surface area contributed by atoms with Crippen LogP contribution in [0.1, 0.15) is 24.2 Å². The Bertz CT molecular complexity index is 947. The van der Waals surface area contributed by atoms with Crippen LogP contribution in [0.2, 0.25) is 0 Å². The number of halogens is 1. The first-order chi connectivity index (χ1) is 11.5. The number of hydrogen-bond donors (Lipinski definition) is 0. The lowest BCUT2D eigenvalue weighted by atomic mass is 10.1. The number of rotatable bonds is 5. The first kappa shape index (κ1) is 16.9. The van der Waals surface area contributed by atoms with E-state index in [-0.39, 0.29) is 17.2 Å². The summed E-state index contributed by atoms with van der Waals surface area (Å²) in [4.78, 5) is 29.5. The van der Waals surface area contributed by atoms with Crippen LogP contribution in [-0.4, -0.2) is 20.6 Å². The number of carbonyl (C=O) groups excluding carboxylic acids is 1. The monoisotopic (exact) mass is 362 g/mol. The van der Waals surface area contributed by atoms with Crippen molar-refractivity contribution in [1.29, 1.82) is 0 Å². The fourth-order valence-electron chi connectivity index (χ4n) is 2.35. The van der Waals surface area contributed by atoms with Crippen LogP contribution in [0.3, 0.4) is 0 Å². The van der Waals surface area contributed by atoms with Gasteiger partial charge in [-0.15, -0.1) is 11.3 Å². The summed E-state index contributed by atoms with van der Waals surface area (Å²) >= 11 is 2.62. The van der Waals surface area contributed by atoms with E-state index in [0.717, 1.165) is 0 Å². The lowest BCUT2D eigenvalue weighted by Crippen LogP contribution is -2.23. The molecule has 0 bridgehead atoms. The quantitative estimate of drug-likeness (QED) is 0.391. The largest absolute Gasteiger partial charge is 0.293 e. The molecule has 7 heteroatoms. The van der Waals surface area contributed by atoms with Gasteiger partial charge in [-0.3, -0.25) is 14.2 Å². The zero-order chi connectivity index (χ0) is 17.3. The summed E-state index contributed by atoms with van der Waals surface area (Å²) in [5.41, 5.74) is 1.01. The van der Waals surface area contributed by atoms with E-state index < -0.39 is 5.25 Å². The zero-order valence-corrected chi connectivity index (χ0v) is 14.8. The molecule has 0 spiro atoms. The molecule has 2 heterocycles. The molecule has 1 aromatic carbocycles. The number of thiophene rings is 1. The van der Waals surface area contributed by atoms with E-state index in [1.54, 1.807) is 17.6 Å². The van der Waals surface area contributed by atoms with Crippen molar-refractivity contribution in [3.63, 3.8) is 0 Å². The second kappa shape index (κ2) is 6.86. The summed E-state index contributed by atoms with van der Waals surface area (Å²) in [6, 6.07) is 7.27. The number of hydrogen-bond acceptors (Lipinski definition) is 5. The Morgan fingerprint density at radius 1 is 1.33 bits per heavy atom. The van der Waals surface area contributed by atoms with Crippen LogP contribution < -0.4 is 5.56 Å². The Kier molecular flexibility index (Phi) is 4.82. The molecular weight excluding hydrogens is 347 g/mol. The summed E-state index contributed by atoms with van der Waals surface area (Å²) in [7, 11) is 0. The highest BCUT2D eigenvalue weighted by Gasteiger charge is 2.20. The van der Waals surface area contributed by atoms with Crippen LogP contribution in [-0.2, 0) is 6.54 Å². The van der Waals surface area contributed by atoms with Gasteiger partial charge in [0.1, 0.15) is 10.5 Å². The number of Topliss-reactive ketones (excluding diaryl/α,β-unsaturated/α-hetero) is 1. The summed E-state index contributed by atoms with van der Waals surface area (Å²) < 4.78 is 15.2. The molecule has 3 aromatic rings. The lowest BCUT2D eigenvalue weighted by Gasteiger charge is -2.14. The van der Waals surface area contributed by atoms with Gasteiger partial charge < -0.3 is 0 Å². The van der Waals surface area contributed by atoms with Crippen molar-refractivity contribution in [2.75, 3.05) is 0 Å². The highest BCUT2D eigenvalue weighted by atomic mass is 32.2. The minimum atomic E-state index is -0.434. The number of ketones is 1. The van der Waals surface area contributed by atoms with E-state index >= 15 is 0 Å². The van der Waals surface area contributed by atoms with E-state index in [1.165, 1.54) is 47.4 Å². The van der Waals surface area contributed by atoms with Crippen molar-refractivity contribution >= 4 is 39.1 Å². The molecule has 0 aliphatic rings. The number of aromatic nitrogens is 2. The maximum atomic E-state index is 13.0. The molecule has 0 radical (unpaired) electrons. The van der Waals surface area contributed by atoms with Crippen molar-refractivity contribution in [3.05, 3.63) is 57.4 Å². The van der Waals surface area contributed by atoms with Gasteiger partial charge in [0.05, 0.1) is 10.8 Å². The van der Waals surface area contributed by atoms with E-state index in [1.807, 2.05) is 12.3 Å². The predicted molar refractivity (Wildman–Crippen MR) is 95.6 cm³/mol. The fourth-order valence-corrected chi connectivity index (χ4v) is 4.18. The molecule has 0 saturated heterocycles. The number of nitrogens with zero attached hydrogens (tertiary/aromatic N) is 2. The predicted octanol–water partition coefficient (Wildman–Crippen LogP) is 3.98. The van der Waals surface area contributed by atoms with Crippen molar-refractivity contribution in [3.8, 4) is 0 Å². The van der Waals surface area contributed by atoms with Gasteiger partial charge in [0.2, 0.25) is 0 Å².